The van der Waals surface area contributed by atoms with Crippen LogP contribution in [0.15, 0.2) is 53.2 Å². The van der Waals surface area contributed by atoms with Crippen LogP contribution in [-0.2, 0) is 4.74 Å². The normalized spacial score (nSPS) is 10.6. The van der Waals surface area contributed by atoms with Gasteiger partial charge in [0.2, 0.25) is 23.5 Å². The van der Waals surface area contributed by atoms with E-state index in [9.17, 15) is 4.79 Å². The van der Waals surface area contributed by atoms with Crippen LogP contribution >= 0.6 is 0 Å². The van der Waals surface area contributed by atoms with Crippen LogP contribution in [-0.4, -0.2) is 50.2 Å². The number of nitrogen functional groups attached to an aromatic ring is 1. The van der Waals surface area contributed by atoms with Gasteiger partial charge in [0, 0.05) is 18.9 Å². The summed E-state index contributed by atoms with van der Waals surface area (Å²) in [6.45, 7) is 0. The van der Waals surface area contributed by atoms with Crippen LogP contribution < -0.4 is 10.6 Å². The monoisotopic (exact) mass is 404 g/mol. The second-order valence-electron chi connectivity index (χ2n) is 6.03. The Balaban J connectivity index is 1.71. The van der Waals surface area contributed by atoms with E-state index in [4.69, 9.17) is 15.0 Å². The molecule has 150 valence electrons. The molecule has 0 aliphatic rings. The predicted octanol–water partition coefficient (Wildman–Crippen LogP) is 2.12. The molecule has 0 unspecified atom stereocenters. The van der Waals surface area contributed by atoms with Gasteiger partial charge < -0.3 is 19.9 Å². The topological polar surface area (TPSA) is 146 Å². The minimum Gasteiger partial charge on any atom is -0.465 e. The van der Waals surface area contributed by atoms with Gasteiger partial charge in [-0.3, -0.25) is 4.98 Å². The summed E-state index contributed by atoms with van der Waals surface area (Å²) < 4.78 is 10.0. The van der Waals surface area contributed by atoms with E-state index < -0.39 is 5.97 Å². The highest BCUT2D eigenvalue weighted by atomic mass is 16.5. The van der Waals surface area contributed by atoms with Crippen molar-refractivity contribution in [2.45, 2.75) is 0 Å². The summed E-state index contributed by atoms with van der Waals surface area (Å²) in [6, 6.07) is 12.7. The lowest BCUT2D eigenvalue weighted by Gasteiger charge is -2.17. The number of carbonyl (C=O) groups is 1. The molecule has 30 heavy (non-hydrogen) atoms. The van der Waals surface area contributed by atoms with Crippen LogP contribution in [0.25, 0.3) is 23.2 Å². The quantitative estimate of drug-likeness (QED) is 0.488. The van der Waals surface area contributed by atoms with Crippen molar-refractivity contribution >= 4 is 23.6 Å². The van der Waals surface area contributed by atoms with Gasteiger partial charge in [-0.15, -0.1) is 0 Å². The van der Waals surface area contributed by atoms with Gasteiger partial charge in [-0.05, 0) is 24.3 Å². The molecule has 4 aromatic rings. The van der Waals surface area contributed by atoms with Gasteiger partial charge in [-0.25, -0.2) is 4.79 Å². The number of aromatic nitrogens is 6. The number of nitrogens with two attached hydrogens (primary N) is 1. The summed E-state index contributed by atoms with van der Waals surface area (Å²) in [5.74, 6) is -0.0635. The Hall–Kier alpha value is -4.41. The van der Waals surface area contributed by atoms with Crippen LogP contribution in [0.5, 0.6) is 0 Å². The Morgan fingerprint density at radius 3 is 2.60 bits per heavy atom. The molecule has 0 spiro atoms. The molecule has 0 bridgehead atoms. The Morgan fingerprint density at radius 2 is 1.83 bits per heavy atom. The van der Waals surface area contributed by atoms with Crippen molar-refractivity contribution in [1.29, 1.82) is 0 Å². The van der Waals surface area contributed by atoms with E-state index in [2.05, 4.69) is 30.1 Å². The molecule has 0 atom stereocenters. The predicted molar refractivity (Wildman–Crippen MR) is 107 cm³/mol. The zero-order valence-electron chi connectivity index (χ0n) is 16.1. The first-order valence-corrected chi connectivity index (χ1v) is 8.75. The maximum atomic E-state index is 12.0. The molecule has 0 fully saturated rings. The van der Waals surface area contributed by atoms with E-state index in [-0.39, 0.29) is 34.7 Å². The van der Waals surface area contributed by atoms with E-state index in [1.165, 1.54) is 13.3 Å². The standard InChI is InChI=1S/C19H16N8O3/c1-27(11-7-4-3-5-8-11)19-24-14(23-18(20)25-19)15-22-16(30-26-15)13-12(17(28)29-2)9-6-10-21-13/h3-10H,1-2H3,(H2,20,23,24,25). The van der Waals surface area contributed by atoms with E-state index >= 15 is 0 Å². The molecule has 2 N–H and O–H groups in total. The van der Waals surface area contributed by atoms with Crippen LogP contribution in [0.3, 0.4) is 0 Å². The van der Waals surface area contributed by atoms with Gasteiger partial charge in [0.15, 0.2) is 0 Å². The summed E-state index contributed by atoms with van der Waals surface area (Å²) in [5, 5.41) is 3.90. The van der Waals surface area contributed by atoms with Gasteiger partial charge in [0.05, 0.1) is 12.7 Å². The number of anilines is 3. The first-order valence-electron chi connectivity index (χ1n) is 8.75. The highest BCUT2D eigenvalue weighted by Gasteiger charge is 2.22. The Labute approximate surface area is 170 Å². The van der Waals surface area contributed by atoms with Crippen molar-refractivity contribution in [3.63, 3.8) is 0 Å². The smallest absolute Gasteiger partial charge is 0.340 e. The molecule has 0 aliphatic carbocycles. The summed E-state index contributed by atoms with van der Waals surface area (Å²) in [6.07, 6.45) is 1.50. The average molecular weight is 404 g/mol. The molecule has 0 saturated heterocycles. The van der Waals surface area contributed by atoms with Gasteiger partial charge >= 0.3 is 5.97 Å². The molecule has 3 heterocycles. The molecule has 11 nitrogen and oxygen atoms in total. The number of benzene rings is 1. The number of para-hydroxylation sites is 1. The molecular weight excluding hydrogens is 388 g/mol. The summed E-state index contributed by atoms with van der Waals surface area (Å²) >= 11 is 0. The molecule has 4 rings (SSSR count). The van der Waals surface area contributed by atoms with Crippen molar-refractivity contribution in [2.24, 2.45) is 0 Å². The zero-order chi connectivity index (χ0) is 21.1. The molecule has 0 radical (unpaired) electrons. The molecule has 0 saturated carbocycles. The van der Waals surface area contributed by atoms with Crippen molar-refractivity contribution in [3.8, 4) is 23.2 Å². The maximum Gasteiger partial charge on any atom is 0.340 e. The zero-order valence-corrected chi connectivity index (χ0v) is 16.1. The fourth-order valence-corrected chi connectivity index (χ4v) is 2.66. The Bertz CT molecular complexity index is 1200. The highest BCUT2D eigenvalue weighted by molar-refractivity contribution is 5.94. The van der Waals surface area contributed by atoms with E-state index in [0.29, 0.717) is 5.95 Å². The number of carbonyl (C=O) groups excluding carboxylic acids is 1. The van der Waals surface area contributed by atoms with Crippen LogP contribution in [0, 0.1) is 0 Å². The van der Waals surface area contributed by atoms with Crippen molar-refractivity contribution in [3.05, 3.63) is 54.2 Å². The largest absolute Gasteiger partial charge is 0.465 e. The molecule has 0 amide bonds. The van der Waals surface area contributed by atoms with Crippen molar-refractivity contribution in [1.82, 2.24) is 30.1 Å². The summed E-state index contributed by atoms with van der Waals surface area (Å²) in [4.78, 5) is 34.8. The van der Waals surface area contributed by atoms with E-state index in [0.717, 1.165) is 5.69 Å². The van der Waals surface area contributed by atoms with E-state index in [1.54, 1.807) is 24.1 Å². The van der Waals surface area contributed by atoms with Crippen LogP contribution in [0.2, 0.25) is 0 Å². The number of ether oxygens (including phenoxy) is 1. The minimum atomic E-state index is -0.575. The third-order valence-corrected chi connectivity index (χ3v) is 4.13. The van der Waals surface area contributed by atoms with Gasteiger partial charge in [0.25, 0.3) is 5.89 Å². The molecule has 0 aliphatic heterocycles. The number of pyridine rings is 1. The lowest BCUT2D eigenvalue weighted by atomic mass is 10.2. The molecule has 3 aromatic heterocycles. The van der Waals surface area contributed by atoms with Crippen LogP contribution in [0.1, 0.15) is 10.4 Å². The fraction of sp³-hybridized carbons (Fsp3) is 0.105. The number of hydrogen-bond acceptors (Lipinski definition) is 11. The van der Waals surface area contributed by atoms with Crippen LogP contribution in [0.4, 0.5) is 17.6 Å². The fourth-order valence-electron chi connectivity index (χ4n) is 2.66. The molecule has 11 heteroatoms. The number of rotatable bonds is 5. The highest BCUT2D eigenvalue weighted by Crippen LogP contribution is 2.25. The second-order valence-corrected chi connectivity index (χ2v) is 6.03. The third kappa shape index (κ3) is 3.63. The van der Waals surface area contributed by atoms with Crippen molar-refractivity contribution in [2.75, 3.05) is 24.8 Å². The molecular formula is C19H16N8O3. The number of methoxy groups -OCH3 is 1. The van der Waals surface area contributed by atoms with Gasteiger partial charge in [-0.2, -0.15) is 19.9 Å². The maximum absolute atomic E-state index is 12.0. The Morgan fingerprint density at radius 1 is 1.03 bits per heavy atom. The van der Waals surface area contributed by atoms with Gasteiger partial charge in [0.1, 0.15) is 5.69 Å². The number of hydrogen-bond donors (Lipinski definition) is 1. The van der Waals surface area contributed by atoms with E-state index in [1.807, 2.05) is 30.3 Å². The van der Waals surface area contributed by atoms with Gasteiger partial charge in [-0.1, -0.05) is 23.4 Å². The first kappa shape index (κ1) is 18.9. The van der Waals surface area contributed by atoms with Crippen molar-refractivity contribution < 1.29 is 14.1 Å². The average Bonchev–Trinajstić information content (AvgIpc) is 3.28. The number of nitrogens with zero attached hydrogens (tertiary/aromatic N) is 7. The number of esters is 1. The minimum absolute atomic E-state index is 0.00258. The lowest BCUT2D eigenvalue weighted by molar-refractivity contribution is 0.0601. The summed E-state index contributed by atoms with van der Waals surface area (Å²) in [7, 11) is 3.07. The second kappa shape index (κ2) is 7.91. The summed E-state index contributed by atoms with van der Waals surface area (Å²) in [5.41, 5.74) is 7.10. The molecule has 1 aromatic carbocycles. The lowest BCUT2D eigenvalue weighted by Crippen LogP contribution is -2.15. The Kier molecular flexibility index (Phi) is 4.99. The SMILES string of the molecule is COC(=O)c1cccnc1-c1nc(-c2nc(N)nc(N(C)c3ccccc3)n2)no1. The first-order chi connectivity index (χ1) is 14.6. The third-order valence-electron chi connectivity index (χ3n) is 4.13.